The van der Waals surface area contributed by atoms with Gasteiger partial charge in [-0.25, -0.2) is 9.78 Å². The van der Waals surface area contributed by atoms with Gasteiger partial charge < -0.3 is 15.0 Å². The number of aromatic nitrogens is 3. The lowest BCUT2D eigenvalue weighted by Gasteiger charge is -2.27. The van der Waals surface area contributed by atoms with Crippen molar-refractivity contribution in [3.05, 3.63) is 36.2 Å². The van der Waals surface area contributed by atoms with Gasteiger partial charge in [-0.1, -0.05) is 30.3 Å². The highest BCUT2D eigenvalue weighted by Crippen LogP contribution is 2.30. The van der Waals surface area contributed by atoms with Crippen molar-refractivity contribution in [1.29, 1.82) is 0 Å². The number of carbonyl (C=O) groups excluding carboxylic acids is 1. The van der Waals surface area contributed by atoms with E-state index in [9.17, 15) is 4.79 Å². The Morgan fingerprint density at radius 2 is 2.16 bits per heavy atom. The lowest BCUT2D eigenvalue weighted by Crippen LogP contribution is -2.46. The van der Waals surface area contributed by atoms with Gasteiger partial charge in [0, 0.05) is 25.8 Å². The summed E-state index contributed by atoms with van der Waals surface area (Å²) in [7, 11) is 1.64. The summed E-state index contributed by atoms with van der Waals surface area (Å²) in [6, 6.07) is 9.65. The summed E-state index contributed by atoms with van der Waals surface area (Å²) < 4.78 is 5.35. The highest BCUT2D eigenvalue weighted by atomic mass is 16.5. The van der Waals surface area contributed by atoms with Crippen LogP contribution in [0.25, 0.3) is 11.4 Å². The van der Waals surface area contributed by atoms with Crippen molar-refractivity contribution in [3.8, 4) is 11.4 Å². The molecule has 2 N–H and O–H groups in total. The molecule has 2 aromatic rings. The van der Waals surface area contributed by atoms with Gasteiger partial charge in [0.2, 0.25) is 0 Å². The van der Waals surface area contributed by atoms with Crippen LogP contribution in [0.15, 0.2) is 30.3 Å². The lowest BCUT2D eigenvalue weighted by atomic mass is 10.1. The maximum atomic E-state index is 12.6. The molecule has 1 fully saturated rings. The minimum Gasteiger partial charge on any atom is -0.377 e. The van der Waals surface area contributed by atoms with Crippen LogP contribution in [0.4, 0.5) is 4.79 Å². The Kier molecular flexibility index (Phi) is 5.03. The number of hydrogen-bond acceptors (Lipinski definition) is 4. The van der Waals surface area contributed by atoms with Crippen LogP contribution in [-0.4, -0.2) is 51.9 Å². The Hall–Kier alpha value is -2.41. The van der Waals surface area contributed by atoms with Crippen LogP contribution in [-0.2, 0) is 4.74 Å². The number of nitrogens with zero attached hydrogens (tertiary/aromatic N) is 3. The van der Waals surface area contributed by atoms with Crippen LogP contribution in [0.2, 0.25) is 0 Å². The van der Waals surface area contributed by atoms with Gasteiger partial charge in [-0.3, -0.25) is 5.10 Å². The molecule has 7 nitrogen and oxygen atoms in total. The zero-order valence-corrected chi connectivity index (χ0v) is 15.0. The molecular formula is C18H25N5O2. The fourth-order valence-electron chi connectivity index (χ4n) is 2.90. The van der Waals surface area contributed by atoms with Crippen LogP contribution < -0.4 is 5.32 Å². The molecular weight excluding hydrogens is 318 g/mol. The largest absolute Gasteiger partial charge is 0.377 e. The molecule has 1 aliphatic rings. The van der Waals surface area contributed by atoms with E-state index in [1.807, 2.05) is 49.1 Å². The summed E-state index contributed by atoms with van der Waals surface area (Å²) in [5, 5.41) is 10.3. The number of rotatable bonds is 5. The fourth-order valence-corrected chi connectivity index (χ4v) is 2.90. The predicted octanol–water partition coefficient (Wildman–Crippen LogP) is 2.74. The summed E-state index contributed by atoms with van der Waals surface area (Å²) in [6.07, 6.45) is 1.83. The van der Waals surface area contributed by atoms with Gasteiger partial charge in [0.25, 0.3) is 0 Å². The van der Waals surface area contributed by atoms with Gasteiger partial charge in [-0.2, -0.15) is 5.10 Å². The van der Waals surface area contributed by atoms with Crippen LogP contribution in [0, 0.1) is 0 Å². The Bertz CT molecular complexity index is 713. The molecule has 0 aliphatic carbocycles. The van der Waals surface area contributed by atoms with Crippen LogP contribution in [0.3, 0.4) is 0 Å². The zero-order chi connectivity index (χ0) is 17.9. The van der Waals surface area contributed by atoms with E-state index in [4.69, 9.17) is 4.74 Å². The third-order valence-electron chi connectivity index (χ3n) is 4.58. The van der Waals surface area contributed by atoms with Gasteiger partial charge in [0.15, 0.2) is 5.82 Å². The van der Waals surface area contributed by atoms with Crippen molar-refractivity contribution in [1.82, 2.24) is 25.4 Å². The van der Waals surface area contributed by atoms with Crippen molar-refractivity contribution in [2.45, 2.75) is 38.3 Å². The summed E-state index contributed by atoms with van der Waals surface area (Å²) in [5.41, 5.74) is 0.568. The number of nitrogens with one attached hydrogen (secondary N) is 2. The molecule has 1 atom stereocenters. The highest BCUT2D eigenvalue weighted by molar-refractivity contribution is 5.75. The number of benzene rings is 1. The molecule has 0 radical (unpaired) electrons. The van der Waals surface area contributed by atoms with Crippen LogP contribution in [0.5, 0.6) is 0 Å². The monoisotopic (exact) mass is 343 g/mol. The Morgan fingerprint density at radius 3 is 2.88 bits per heavy atom. The van der Waals surface area contributed by atoms with E-state index in [-0.39, 0.29) is 12.1 Å². The number of carbonyl (C=O) groups is 1. The molecule has 1 aliphatic heterocycles. The average Bonchev–Trinajstić information content (AvgIpc) is 3.29. The second-order valence-corrected chi connectivity index (χ2v) is 6.88. The Balaban J connectivity index is 1.70. The molecule has 3 rings (SSSR count). The van der Waals surface area contributed by atoms with Gasteiger partial charge in [-0.15, -0.1) is 0 Å². The number of aromatic amines is 1. The van der Waals surface area contributed by atoms with Gasteiger partial charge in [0.1, 0.15) is 5.82 Å². The second-order valence-electron chi connectivity index (χ2n) is 6.88. The third-order valence-corrected chi connectivity index (χ3v) is 4.58. The highest BCUT2D eigenvalue weighted by Gasteiger charge is 2.33. The first-order valence-corrected chi connectivity index (χ1v) is 8.57. The van der Waals surface area contributed by atoms with E-state index in [1.54, 1.807) is 7.11 Å². The summed E-state index contributed by atoms with van der Waals surface area (Å²) >= 11 is 0. The maximum Gasteiger partial charge on any atom is 0.318 e. The number of amides is 2. The van der Waals surface area contributed by atoms with Gasteiger partial charge in [0.05, 0.1) is 11.6 Å². The predicted molar refractivity (Wildman–Crippen MR) is 95.0 cm³/mol. The standard InChI is InChI=1S/C18H25N5O2/c1-18(2,25-3)12-19-17(24)23-11-7-10-14(23)16-20-15(21-22-16)13-8-5-4-6-9-13/h4-6,8-9,14H,7,10-12H2,1-3H3,(H,19,24)(H,20,21,22). The quantitative estimate of drug-likeness (QED) is 0.874. The van der Waals surface area contributed by atoms with E-state index in [1.165, 1.54) is 0 Å². The Labute approximate surface area is 147 Å². The van der Waals surface area contributed by atoms with Crippen molar-refractivity contribution >= 4 is 6.03 Å². The molecule has 25 heavy (non-hydrogen) atoms. The number of H-pyrrole nitrogens is 1. The smallest absolute Gasteiger partial charge is 0.318 e. The van der Waals surface area contributed by atoms with Gasteiger partial charge in [-0.05, 0) is 26.7 Å². The lowest BCUT2D eigenvalue weighted by molar-refractivity contribution is 0.0241. The molecule has 7 heteroatoms. The first-order chi connectivity index (χ1) is 12.0. The maximum absolute atomic E-state index is 12.6. The number of likely N-dealkylation sites (tertiary alicyclic amines) is 1. The van der Waals surface area contributed by atoms with Crippen molar-refractivity contribution < 1.29 is 9.53 Å². The minimum absolute atomic E-state index is 0.0735. The summed E-state index contributed by atoms with van der Waals surface area (Å²) in [5.74, 6) is 1.39. The van der Waals surface area contributed by atoms with E-state index < -0.39 is 5.60 Å². The van der Waals surface area contributed by atoms with Crippen LogP contribution in [0.1, 0.15) is 38.6 Å². The molecule has 2 amide bonds. The molecule has 2 heterocycles. The minimum atomic E-state index is -0.391. The number of ether oxygens (including phenoxy) is 1. The second kappa shape index (κ2) is 7.23. The van der Waals surface area contributed by atoms with Crippen LogP contribution >= 0.6 is 0 Å². The number of urea groups is 1. The zero-order valence-electron chi connectivity index (χ0n) is 15.0. The SMILES string of the molecule is COC(C)(C)CNC(=O)N1CCCC1c1nc(-c2ccccc2)n[nH]1. The summed E-state index contributed by atoms with van der Waals surface area (Å²) in [6.45, 7) is 5.05. The van der Waals surface area contributed by atoms with Crippen molar-refractivity contribution in [2.75, 3.05) is 20.2 Å². The van der Waals surface area contributed by atoms with E-state index in [2.05, 4.69) is 20.5 Å². The van der Waals surface area contributed by atoms with E-state index in [0.717, 1.165) is 24.2 Å². The molecule has 1 unspecified atom stereocenters. The third kappa shape index (κ3) is 3.99. The van der Waals surface area contributed by atoms with Crippen molar-refractivity contribution in [2.24, 2.45) is 0 Å². The molecule has 0 bridgehead atoms. The number of hydrogen-bond donors (Lipinski definition) is 2. The first kappa shape index (κ1) is 17.4. The van der Waals surface area contributed by atoms with Crippen molar-refractivity contribution in [3.63, 3.8) is 0 Å². The molecule has 0 spiro atoms. The molecule has 134 valence electrons. The first-order valence-electron chi connectivity index (χ1n) is 8.57. The Morgan fingerprint density at radius 1 is 1.40 bits per heavy atom. The molecule has 0 saturated carbocycles. The summed E-state index contributed by atoms with van der Waals surface area (Å²) in [4.78, 5) is 19.0. The average molecular weight is 343 g/mol. The fraction of sp³-hybridized carbons (Fsp3) is 0.500. The van der Waals surface area contributed by atoms with E-state index >= 15 is 0 Å². The normalized spacial score (nSPS) is 17.7. The topological polar surface area (TPSA) is 83.1 Å². The molecule has 1 saturated heterocycles. The van der Waals surface area contributed by atoms with Gasteiger partial charge >= 0.3 is 6.03 Å². The molecule has 1 aromatic heterocycles. The number of methoxy groups -OCH3 is 1. The molecule has 1 aromatic carbocycles. The van der Waals surface area contributed by atoms with E-state index in [0.29, 0.717) is 18.9 Å².